The van der Waals surface area contributed by atoms with E-state index in [-0.39, 0.29) is 12.4 Å². The molecule has 4 heterocycles. The highest BCUT2D eigenvalue weighted by Crippen LogP contribution is 2.38. The summed E-state index contributed by atoms with van der Waals surface area (Å²) in [5.41, 5.74) is 1.83. The van der Waals surface area contributed by atoms with Crippen molar-refractivity contribution >= 4 is 44.9 Å². The minimum atomic E-state index is -0.250. The van der Waals surface area contributed by atoms with Crippen LogP contribution in [0.25, 0.3) is 21.2 Å². The van der Waals surface area contributed by atoms with Crippen molar-refractivity contribution in [3.8, 4) is 10.9 Å². The summed E-state index contributed by atoms with van der Waals surface area (Å²) in [6.07, 6.45) is 4.44. The van der Waals surface area contributed by atoms with Gasteiger partial charge in [-0.05, 0) is 62.1 Å². The Morgan fingerprint density at radius 1 is 1.23 bits per heavy atom. The average molecular weight is 494 g/mol. The predicted molar refractivity (Wildman–Crippen MR) is 134 cm³/mol. The molecule has 182 valence electrons. The fourth-order valence-corrected chi connectivity index (χ4v) is 6.17. The lowest BCUT2D eigenvalue weighted by Crippen LogP contribution is -2.49. The summed E-state index contributed by atoms with van der Waals surface area (Å²) in [7, 11) is 0. The maximum Gasteiger partial charge on any atom is 0.290 e. The molecule has 1 amide bonds. The summed E-state index contributed by atoms with van der Waals surface area (Å²) in [6.45, 7) is 2.17. The van der Waals surface area contributed by atoms with E-state index in [2.05, 4.69) is 27.3 Å². The van der Waals surface area contributed by atoms with Crippen LogP contribution in [0.1, 0.15) is 38.4 Å². The number of thiazole rings is 1. The van der Waals surface area contributed by atoms with Gasteiger partial charge in [-0.15, -0.1) is 0 Å². The van der Waals surface area contributed by atoms with Crippen LogP contribution in [-0.2, 0) is 16.1 Å². The smallest absolute Gasteiger partial charge is 0.290 e. The number of hydrogen-bond donors (Lipinski definition) is 2. The highest BCUT2D eigenvalue weighted by molar-refractivity contribution is 7.20. The van der Waals surface area contributed by atoms with Crippen LogP contribution in [0, 0.1) is 0 Å². The molecule has 0 spiro atoms. The monoisotopic (exact) mass is 493 g/mol. The number of ether oxygens (including phenoxy) is 1. The number of hydrogen-bond acceptors (Lipinski definition) is 7. The SMILES string of the molecule is CC(=O)NC1C[C@H]2CC[C@@H](C1)N2Cc1cc2cc(Oc3nc4ccccc4s3)ccc2o1.O=CO. The largest absolute Gasteiger partial charge is 0.483 e. The van der Waals surface area contributed by atoms with Crippen molar-refractivity contribution in [1.82, 2.24) is 15.2 Å². The Kier molecular flexibility index (Phi) is 6.70. The highest BCUT2D eigenvalue weighted by atomic mass is 32.1. The lowest BCUT2D eigenvalue weighted by atomic mass is 9.97. The van der Waals surface area contributed by atoms with Crippen molar-refractivity contribution in [2.24, 2.45) is 0 Å². The predicted octanol–water partition coefficient (Wildman–Crippen LogP) is 5.17. The molecule has 3 atom stereocenters. The Morgan fingerprint density at radius 2 is 1.97 bits per heavy atom. The fraction of sp³-hybridized carbons (Fsp3) is 0.346. The van der Waals surface area contributed by atoms with E-state index in [1.54, 1.807) is 18.3 Å². The number of benzene rings is 2. The van der Waals surface area contributed by atoms with Crippen molar-refractivity contribution in [3.05, 3.63) is 54.3 Å². The lowest BCUT2D eigenvalue weighted by molar-refractivity contribution is -0.123. The van der Waals surface area contributed by atoms with Crippen molar-refractivity contribution in [1.29, 1.82) is 0 Å². The number of nitrogens with zero attached hydrogens (tertiary/aromatic N) is 2. The number of carbonyl (C=O) groups is 2. The van der Waals surface area contributed by atoms with Crippen molar-refractivity contribution < 1.29 is 23.8 Å². The maximum absolute atomic E-state index is 11.5. The molecular formula is C26H27N3O5S. The van der Waals surface area contributed by atoms with Crippen molar-refractivity contribution in [3.63, 3.8) is 0 Å². The van der Waals surface area contributed by atoms with Gasteiger partial charge in [-0.2, -0.15) is 0 Å². The van der Waals surface area contributed by atoms with Gasteiger partial charge in [-0.25, -0.2) is 4.98 Å². The molecule has 0 aliphatic carbocycles. The number of piperidine rings is 1. The molecule has 2 aliphatic heterocycles. The van der Waals surface area contributed by atoms with Crippen molar-refractivity contribution in [2.75, 3.05) is 0 Å². The Labute approximate surface area is 206 Å². The van der Waals surface area contributed by atoms with Gasteiger partial charge in [0, 0.05) is 30.4 Å². The Balaban J connectivity index is 0.000000806. The summed E-state index contributed by atoms with van der Waals surface area (Å²) in [6, 6.07) is 17.4. The summed E-state index contributed by atoms with van der Waals surface area (Å²) < 4.78 is 13.3. The molecular weight excluding hydrogens is 466 g/mol. The van der Waals surface area contributed by atoms with Crippen LogP contribution in [0.3, 0.4) is 0 Å². The third-order valence-corrected chi connectivity index (χ3v) is 7.56. The third kappa shape index (κ3) is 5.16. The second kappa shape index (κ2) is 10.1. The number of rotatable bonds is 5. The molecule has 4 aromatic rings. The summed E-state index contributed by atoms with van der Waals surface area (Å²) >= 11 is 1.55. The fourth-order valence-electron chi connectivity index (χ4n) is 5.33. The Morgan fingerprint density at radius 3 is 2.69 bits per heavy atom. The first-order chi connectivity index (χ1) is 17.0. The number of fused-ring (bicyclic) bond motifs is 4. The molecule has 1 unspecified atom stereocenters. The zero-order chi connectivity index (χ0) is 24.4. The molecule has 0 radical (unpaired) electrons. The lowest BCUT2D eigenvalue weighted by Gasteiger charge is -2.38. The molecule has 2 aromatic carbocycles. The Hall–Kier alpha value is -3.43. The minimum absolute atomic E-state index is 0.0732. The number of carboxylic acid groups (broad SMARTS) is 1. The number of furan rings is 1. The quantitative estimate of drug-likeness (QED) is 0.370. The van der Waals surface area contributed by atoms with E-state index in [0.717, 1.165) is 52.1 Å². The van der Waals surface area contributed by atoms with Crippen LogP contribution in [0.4, 0.5) is 0 Å². The van der Waals surface area contributed by atoms with Crippen molar-refractivity contribution in [2.45, 2.75) is 57.3 Å². The topological polar surface area (TPSA) is 105 Å². The molecule has 2 saturated heterocycles. The van der Waals surface area contributed by atoms with Gasteiger partial charge in [0.15, 0.2) is 0 Å². The average Bonchev–Trinajstić information content (AvgIpc) is 3.47. The van der Waals surface area contributed by atoms with Gasteiger partial charge in [-0.1, -0.05) is 23.5 Å². The first-order valence-corrected chi connectivity index (χ1v) is 12.5. The molecule has 2 aliphatic rings. The molecule has 9 heteroatoms. The number of aromatic nitrogens is 1. The van der Waals surface area contributed by atoms with E-state index in [1.165, 1.54) is 12.8 Å². The summed E-state index contributed by atoms with van der Waals surface area (Å²) in [5.74, 6) is 1.82. The summed E-state index contributed by atoms with van der Waals surface area (Å²) in [5, 5.41) is 11.7. The van der Waals surface area contributed by atoms with E-state index in [1.807, 2.05) is 36.4 Å². The maximum atomic E-state index is 11.5. The molecule has 0 saturated carbocycles. The molecule has 8 nitrogen and oxygen atoms in total. The standard InChI is InChI=1S/C25H25N3O3S.CH2O2/c1-15(29)26-17-12-18-6-7-19(13-17)28(18)14-21-11-16-10-20(8-9-23(16)30-21)31-25-27-22-4-2-3-5-24(22)32-25;2-1-3/h2-5,8-11,17-19H,6-7,12-14H2,1H3,(H,26,29);1H,(H,2,3)/t17?,18-,19+;. The van der Waals surface area contributed by atoms with Gasteiger partial charge in [0.1, 0.15) is 17.1 Å². The van der Waals surface area contributed by atoms with Gasteiger partial charge in [-0.3, -0.25) is 14.5 Å². The van der Waals surface area contributed by atoms with Gasteiger partial charge in [0.25, 0.3) is 11.7 Å². The summed E-state index contributed by atoms with van der Waals surface area (Å²) in [4.78, 5) is 26.9. The zero-order valence-electron chi connectivity index (χ0n) is 19.3. The third-order valence-electron chi connectivity index (χ3n) is 6.65. The van der Waals surface area contributed by atoms with Gasteiger partial charge in [0.05, 0.1) is 16.8 Å². The van der Waals surface area contributed by atoms with Crippen LogP contribution < -0.4 is 10.1 Å². The highest BCUT2D eigenvalue weighted by Gasteiger charge is 2.41. The molecule has 2 N–H and O–H groups in total. The van der Waals surface area contributed by atoms with Crippen LogP contribution in [-0.4, -0.2) is 45.5 Å². The minimum Gasteiger partial charge on any atom is -0.483 e. The number of para-hydroxylation sites is 1. The first kappa shape index (κ1) is 23.3. The first-order valence-electron chi connectivity index (χ1n) is 11.7. The van der Waals surface area contributed by atoms with Gasteiger partial charge < -0.3 is 19.6 Å². The number of amides is 1. The van der Waals surface area contributed by atoms with Gasteiger partial charge >= 0.3 is 0 Å². The number of carbonyl (C=O) groups excluding carboxylic acids is 1. The van der Waals surface area contributed by atoms with Crippen LogP contribution in [0.5, 0.6) is 10.9 Å². The molecule has 2 fully saturated rings. The molecule has 6 rings (SSSR count). The molecule has 35 heavy (non-hydrogen) atoms. The van der Waals surface area contributed by atoms with E-state index in [4.69, 9.17) is 19.1 Å². The van der Waals surface area contributed by atoms with Crippen LogP contribution in [0.2, 0.25) is 0 Å². The Bertz CT molecular complexity index is 1300. The van der Waals surface area contributed by atoms with Gasteiger partial charge in [0.2, 0.25) is 5.91 Å². The van der Waals surface area contributed by atoms with E-state index in [0.29, 0.717) is 23.3 Å². The van der Waals surface area contributed by atoms with Crippen LogP contribution in [0.15, 0.2) is 52.9 Å². The normalized spacial score (nSPS) is 21.5. The molecule has 2 bridgehead atoms. The van der Waals surface area contributed by atoms with Crippen LogP contribution >= 0.6 is 11.3 Å². The number of nitrogens with one attached hydrogen (secondary N) is 1. The molecule has 2 aromatic heterocycles. The zero-order valence-corrected chi connectivity index (χ0v) is 20.2. The second-order valence-corrected chi connectivity index (χ2v) is 9.99. The van der Waals surface area contributed by atoms with E-state index >= 15 is 0 Å². The van der Waals surface area contributed by atoms with E-state index in [9.17, 15) is 4.79 Å². The van der Waals surface area contributed by atoms with E-state index < -0.39 is 0 Å². The second-order valence-electron chi connectivity index (χ2n) is 8.99.